The Morgan fingerprint density at radius 2 is 1.62 bits per heavy atom. The predicted octanol–water partition coefficient (Wildman–Crippen LogP) is 5.62. The zero-order valence-electron chi connectivity index (χ0n) is 18.8. The van der Waals surface area contributed by atoms with Crippen LogP contribution in [0.1, 0.15) is 0 Å². The van der Waals surface area contributed by atoms with E-state index in [-0.39, 0.29) is 6.03 Å². The van der Waals surface area contributed by atoms with Crippen LogP contribution in [0.4, 0.5) is 27.0 Å². The zero-order chi connectivity index (χ0) is 23.9. The molecule has 0 aliphatic heterocycles. The molecule has 0 spiro atoms. The smallest absolute Gasteiger partial charge is 0.324 e. The van der Waals surface area contributed by atoms with E-state index in [1.807, 2.05) is 41.8 Å². The lowest BCUT2D eigenvalue weighted by molar-refractivity contribution is 0.262. The summed E-state index contributed by atoms with van der Waals surface area (Å²) in [4.78, 5) is 21.1. The lowest BCUT2D eigenvalue weighted by atomic mass is 10.1. The van der Waals surface area contributed by atoms with Gasteiger partial charge in [0.15, 0.2) is 11.5 Å². The van der Waals surface area contributed by atoms with Crippen LogP contribution >= 0.6 is 11.3 Å². The molecule has 0 saturated heterocycles. The van der Waals surface area contributed by atoms with E-state index in [0.29, 0.717) is 40.1 Å². The molecule has 0 aliphatic rings. The van der Waals surface area contributed by atoms with Crippen molar-refractivity contribution in [3.8, 4) is 28.5 Å². The Bertz CT molecular complexity index is 1240. The topological polar surface area (TPSA) is 107 Å². The predicted molar refractivity (Wildman–Crippen MR) is 134 cm³/mol. The summed E-state index contributed by atoms with van der Waals surface area (Å²) < 4.78 is 16.2. The van der Waals surface area contributed by atoms with Crippen molar-refractivity contribution in [2.45, 2.75) is 0 Å². The third-order valence-electron chi connectivity index (χ3n) is 4.77. The van der Waals surface area contributed by atoms with Crippen LogP contribution in [0.15, 0.2) is 66.3 Å². The van der Waals surface area contributed by atoms with Crippen LogP contribution in [0, 0.1) is 0 Å². The number of benzene rings is 2. The minimum atomic E-state index is -0.300. The van der Waals surface area contributed by atoms with E-state index in [0.717, 1.165) is 10.6 Å². The number of nitrogens with zero attached hydrogens (tertiary/aromatic N) is 2. The number of hydrogen-bond donors (Lipinski definition) is 3. The largest absolute Gasteiger partial charge is 0.493 e. The first kappa shape index (κ1) is 22.9. The van der Waals surface area contributed by atoms with Crippen molar-refractivity contribution >= 4 is 39.6 Å². The number of hydrogen-bond acceptors (Lipinski definition) is 8. The average molecular weight is 478 g/mol. The average Bonchev–Trinajstić information content (AvgIpc) is 3.37. The molecule has 2 aromatic carbocycles. The van der Waals surface area contributed by atoms with Crippen molar-refractivity contribution in [1.82, 2.24) is 9.97 Å². The Balaban J connectivity index is 1.48. The van der Waals surface area contributed by atoms with E-state index >= 15 is 0 Å². The Kier molecular flexibility index (Phi) is 7.09. The molecule has 4 rings (SSSR count). The van der Waals surface area contributed by atoms with Crippen LogP contribution in [0.2, 0.25) is 0 Å². The molecule has 9 nitrogen and oxygen atoms in total. The summed E-state index contributed by atoms with van der Waals surface area (Å²) in [7, 11) is 4.68. The van der Waals surface area contributed by atoms with Crippen molar-refractivity contribution in [2.24, 2.45) is 0 Å². The van der Waals surface area contributed by atoms with Crippen LogP contribution in [0.5, 0.6) is 17.2 Å². The van der Waals surface area contributed by atoms with Crippen LogP contribution in [-0.4, -0.2) is 37.3 Å². The fourth-order valence-electron chi connectivity index (χ4n) is 3.21. The molecule has 0 fully saturated rings. The molecular formula is C24H23N5O4S. The summed E-state index contributed by atoms with van der Waals surface area (Å²) in [6, 6.07) is 14.4. The molecule has 10 heteroatoms. The van der Waals surface area contributed by atoms with E-state index < -0.39 is 0 Å². The fourth-order valence-corrected chi connectivity index (χ4v) is 3.83. The van der Waals surface area contributed by atoms with Gasteiger partial charge in [0.25, 0.3) is 0 Å². The highest BCUT2D eigenvalue weighted by Gasteiger charge is 2.14. The SMILES string of the molecule is COc1cc(Nc2cncc(-c3ccc(NC(=O)Nc4cccs4)cc3)n2)cc(OC)c1OC. The first-order valence-corrected chi connectivity index (χ1v) is 11.1. The first-order valence-electron chi connectivity index (χ1n) is 10.2. The molecule has 0 radical (unpaired) electrons. The van der Waals surface area contributed by atoms with E-state index in [2.05, 4.69) is 25.9 Å². The van der Waals surface area contributed by atoms with Gasteiger partial charge in [0.1, 0.15) is 5.82 Å². The molecule has 174 valence electrons. The van der Waals surface area contributed by atoms with Crippen molar-refractivity contribution < 1.29 is 19.0 Å². The van der Waals surface area contributed by atoms with Crippen LogP contribution in [0.3, 0.4) is 0 Å². The molecule has 4 aromatic rings. The number of ether oxygens (including phenoxy) is 3. The van der Waals surface area contributed by atoms with Crippen molar-refractivity contribution in [1.29, 1.82) is 0 Å². The van der Waals surface area contributed by atoms with E-state index in [4.69, 9.17) is 14.2 Å². The summed E-state index contributed by atoms with van der Waals surface area (Å²) in [5.41, 5.74) is 2.90. The Morgan fingerprint density at radius 3 is 2.24 bits per heavy atom. The van der Waals surface area contributed by atoms with Gasteiger partial charge >= 0.3 is 6.03 Å². The number of anilines is 4. The summed E-state index contributed by atoms with van der Waals surface area (Å²) in [5.74, 6) is 2.11. The number of thiophene rings is 1. The highest BCUT2D eigenvalue weighted by atomic mass is 32.1. The van der Waals surface area contributed by atoms with Gasteiger partial charge in [-0.2, -0.15) is 0 Å². The summed E-state index contributed by atoms with van der Waals surface area (Å²) in [6.45, 7) is 0. The van der Waals surface area contributed by atoms with Gasteiger partial charge in [-0.05, 0) is 29.6 Å². The van der Waals surface area contributed by atoms with Gasteiger partial charge in [-0.15, -0.1) is 11.3 Å². The van der Waals surface area contributed by atoms with Crippen LogP contribution < -0.4 is 30.2 Å². The Hall–Kier alpha value is -4.31. The molecule has 3 N–H and O–H groups in total. The monoisotopic (exact) mass is 477 g/mol. The number of methoxy groups -OCH3 is 3. The Morgan fingerprint density at radius 1 is 0.882 bits per heavy atom. The molecule has 2 heterocycles. The number of carbonyl (C=O) groups excluding carboxylic acids is 1. The van der Waals surface area contributed by atoms with Gasteiger partial charge in [0.2, 0.25) is 5.75 Å². The maximum Gasteiger partial charge on any atom is 0.324 e. The second-order valence-electron chi connectivity index (χ2n) is 6.96. The minimum Gasteiger partial charge on any atom is -0.493 e. The number of rotatable bonds is 8. The first-order chi connectivity index (χ1) is 16.6. The van der Waals surface area contributed by atoms with E-state index in [1.165, 1.54) is 11.3 Å². The maximum absolute atomic E-state index is 12.1. The molecular weight excluding hydrogens is 454 g/mol. The molecule has 0 aliphatic carbocycles. The van der Waals surface area contributed by atoms with Crippen molar-refractivity contribution in [2.75, 3.05) is 37.3 Å². The van der Waals surface area contributed by atoms with Gasteiger partial charge in [-0.25, -0.2) is 9.78 Å². The van der Waals surface area contributed by atoms with Crippen LogP contribution in [0.25, 0.3) is 11.3 Å². The van der Waals surface area contributed by atoms with E-state index in [1.54, 1.807) is 45.9 Å². The molecule has 2 amide bonds. The number of amides is 2. The highest BCUT2D eigenvalue weighted by Crippen LogP contribution is 2.40. The van der Waals surface area contributed by atoms with E-state index in [9.17, 15) is 4.79 Å². The zero-order valence-corrected chi connectivity index (χ0v) is 19.6. The second kappa shape index (κ2) is 10.5. The van der Waals surface area contributed by atoms with Gasteiger partial charge in [-0.3, -0.25) is 10.3 Å². The highest BCUT2D eigenvalue weighted by molar-refractivity contribution is 7.14. The minimum absolute atomic E-state index is 0.300. The lowest BCUT2D eigenvalue weighted by Crippen LogP contribution is -2.18. The maximum atomic E-state index is 12.1. The van der Waals surface area contributed by atoms with Gasteiger partial charge in [-0.1, -0.05) is 12.1 Å². The molecule has 34 heavy (non-hydrogen) atoms. The van der Waals surface area contributed by atoms with Gasteiger partial charge < -0.3 is 24.8 Å². The summed E-state index contributed by atoms with van der Waals surface area (Å²) in [6.07, 6.45) is 3.30. The molecule has 2 aromatic heterocycles. The molecule has 0 unspecified atom stereocenters. The number of urea groups is 1. The number of nitrogens with one attached hydrogen (secondary N) is 3. The summed E-state index contributed by atoms with van der Waals surface area (Å²) in [5, 5.41) is 11.5. The van der Waals surface area contributed by atoms with Crippen molar-refractivity contribution in [3.63, 3.8) is 0 Å². The Labute approximate surface area is 200 Å². The van der Waals surface area contributed by atoms with Crippen LogP contribution in [-0.2, 0) is 0 Å². The third-order valence-corrected chi connectivity index (χ3v) is 5.55. The second-order valence-corrected chi connectivity index (χ2v) is 7.91. The number of carbonyl (C=O) groups is 1. The van der Waals surface area contributed by atoms with Gasteiger partial charge in [0.05, 0.1) is 44.4 Å². The number of aromatic nitrogens is 2. The quantitative estimate of drug-likeness (QED) is 0.302. The third kappa shape index (κ3) is 5.36. The van der Waals surface area contributed by atoms with Gasteiger partial charge in [0, 0.05) is 29.1 Å². The standard InChI is InChI=1S/C24H23N5O4S/c1-31-19-11-17(12-20(32-2)23(19)33-3)26-21-14-25-13-18(28-21)15-6-8-16(9-7-15)27-24(30)29-22-5-4-10-34-22/h4-14H,1-3H3,(H,26,28)(H2,27,29,30). The fraction of sp³-hybridized carbons (Fsp3) is 0.125. The normalized spacial score (nSPS) is 10.3. The van der Waals surface area contributed by atoms with Crippen molar-refractivity contribution in [3.05, 3.63) is 66.3 Å². The summed E-state index contributed by atoms with van der Waals surface area (Å²) >= 11 is 1.46. The molecule has 0 atom stereocenters. The molecule has 0 bridgehead atoms. The lowest BCUT2D eigenvalue weighted by Gasteiger charge is -2.15. The molecule has 0 saturated carbocycles.